The van der Waals surface area contributed by atoms with Crippen molar-refractivity contribution in [2.75, 3.05) is 83.6 Å². The SMILES string of the molecule is CNC(=O)c1c(-c2ccc(F)cc2)oc2cc(N(CCOCCOCCOCCOCCOCc3ccc(C(O)=CC(=O)C(=O)O)cc3)S(C)(=O)=O)c(C3CC3)cc12. The van der Waals surface area contributed by atoms with Gasteiger partial charge in [-0.2, -0.15) is 0 Å². The number of aliphatic hydroxyl groups excluding tert-OH is 1. The number of carboxylic acid groups (broad SMARTS) is 1. The Labute approximate surface area is 335 Å². The molecule has 3 aromatic carbocycles. The summed E-state index contributed by atoms with van der Waals surface area (Å²) in [7, 11) is -2.23. The van der Waals surface area contributed by atoms with Crippen LogP contribution in [0.5, 0.6) is 0 Å². The number of fused-ring (bicyclic) bond motifs is 1. The lowest BCUT2D eigenvalue weighted by Gasteiger charge is -2.25. The quantitative estimate of drug-likeness (QED) is 0.0346. The molecule has 0 saturated heterocycles. The number of nitrogens with zero attached hydrogens (tertiary/aromatic N) is 1. The van der Waals surface area contributed by atoms with Crippen molar-refractivity contribution in [1.82, 2.24) is 5.32 Å². The van der Waals surface area contributed by atoms with Gasteiger partial charge in [0.2, 0.25) is 10.0 Å². The Balaban J connectivity index is 0.987. The first-order valence-corrected chi connectivity index (χ1v) is 20.4. The number of sulfonamides is 1. The molecule has 0 spiro atoms. The molecule has 1 aliphatic carbocycles. The summed E-state index contributed by atoms with van der Waals surface area (Å²) in [4.78, 5) is 34.9. The van der Waals surface area contributed by atoms with E-state index >= 15 is 0 Å². The van der Waals surface area contributed by atoms with Crippen molar-refractivity contribution in [2.24, 2.45) is 0 Å². The molecule has 1 aromatic heterocycles. The third kappa shape index (κ3) is 12.4. The zero-order valence-electron chi connectivity index (χ0n) is 32.2. The summed E-state index contributed by atoms with van der Waals surface area (Å²) < 4.78 is 75.2. The Kier molecular flexibility index (Phi) is 15.9. The first-order valence-electron chi connectivity index (χ1n) is 18.6. The number of ether oxygens (including phenoxy) is 5. The molecule has 1 heterocycles. The number of carboxylic acids is 1. The summed E-state index contributed by atoms with van der Waals surface area (Å²) in [6, 6.07) is 15.6. The summed E-state index contributed by atoms with van der Waals surface area (Å²) in [5.41, 5.74) is 3.52. The summed E-state index contributed by atoms with van der Waals surface area (Å²) in [5.74, 6) is -3.72. The fourth-order valence-corrected chi connectivity index (χ4v) is 6.89. The zero-order valence-corrected chi connectivity index (χ0v) is 33.1. The molecule has 0 radical (unpaired) electrons. The fourth-order valence-electron chi connectivity index (χ4n) is 5.96. The van der Waals surface area contributed by atoms with E-state index in [1.165, 1.54) is 35.6 Å². The van der Waals surface area contributed by atoms with Gasteiger partial charge in [0.1, 0.15) is 22.9 Å². The highest BCUT2D eigenvalue weighted by Crippen LogP contribution is 2.48. The van der Waals surface area contributed by atoms with Gasteiger partial charge in [-0.05, 0) is 60.2 Å². The molecule has 58 heavy (non-hydrogen) atoms. The summed E-state index contributed by atoms with van der Waals surface area (Å²) in [5, 5.41) is 21.7. The molecular weight excluding hydrogens is 780 g/mol. The van der Waals surface area contributed by atoms with Crippen LogP contribution in [-0.2, 0) is 49.9 Å². The Morgan fingerprint density at radius 3 is 1.95 bits per heavy atom. The van der Waals surface area contributed by atoms with Crippen molar-refractivity contribution >= 4 is 50.1 Å². The number of hydrogen-bond donors (Lipinski definition) is 3. The molecule has 0 atom stereocenters. The van der Waals surface area contributed by atoms with Gasteiger partial charge in [-0.1, -0.05) is 24.3 Å². The first kappa shape index (κ1) is 43.9. The van der Waals surface area contributed by atoms with Crippen molar-refractivity contribution in [1.29, 1.82) is 0 Å². The van der Waals surface area contributed by atoms with Crippen molar-refractivity contribution in [3.63, 3.8) is 0 Å². The minimum absolute atomic E-state index is 0.0456. The van der Waals surface area contributed by atoms with E-state index in [1.807, 2.05) is 6.07 Å². The summed E-state index contributed by atoms with van der Waals surface area (Å²) >= 11 is 0. The van der Waals surface area contributed by atoms with Crippen LogP contribution in [0.25, 0.3) is 28.1 Å². The number of nitrogens with one attached hydrogen (secondary N) is 1. The number of halogens is 1. The lowest BCUT2D eigenvalue weighted by Crippen LogP contribution is -2.34. The normalized spacial score (nSPS) is 13.2. The van der Waals surface area contributed by atoms with Gasteiger partial charge in [0.15, 0.2) is 0 Å². The molecule has 0 unspecified atom stereocenters. The number of benzene rings is 3. The van der Waals surface area contributed by atoms with Crippen LogP contribution in [0.3, 0.4) is 0 Å². The molecule has 1 amide bonds. The Morgan fingerprint density at radius 2 is 1.41 bits per heavy atom. The number of ketones is 1. The van der Waals surface area contributed by atoms with Gasteiger partial charge in [-0.3, -0.25) is 13.9 Å². The third-order valence-corrected chi connectivity index (χ3v) is 10.2. The topological polar surface area (TPSA) is 200 Å². The number of rotatable bonds is 25. The largest absolute Gasteiger partial charge is 0.507 e. The highest BCUT2D eigenvalue weighted by Gasteiger charge is 2.33. The van der Waals surface area contributed by atoms with E-state index in [2.05, 4.69) is 5.32 Å². The lowest BCUT2D eigenvalue weighted by atomic mass is 10.0. The van der Waals surface area contributed by atoms with Gasteiger partial charge in [0.25, 0.3) is 11.7 Å². The second kappa shape index (κ2) is 21.0. The van der Waals surface area contributed by atoms with Crippen LogP contribution in [0.1, 0.15) is 45.8 Å². The predicted molar refractivity (Wildman–Crippen MR) is 212 cm³/mol. The van der Waals surface area contributed by atoms with Gasteiger partial charge in [0.05, 0.1) is 90.1 Å². The third-order valence-electron chi connectivity index (χ3n) is 9.01. The van der Waals surface area contributed by atoms with Gasteiger partial charge in [-0.25, -0.2) is 17.6 Å². The molecule has 312 valence electrons. The summed E-state index contributed by atoms with van der Waals surface area (Å²) in [6.45, 7) is 3.04. The van der Waals surface area contributed by atoms with Crippen molar-refractivity contribution in [2.45, 2.75) is 25.4 Å². The zero-order chi connectivity index (χ0) is 41.7. The molecule has 4 aromatic rings. The van der Waals surface area contributed by atoms with E-state index in [4.69, 9.17) is 33.2 Å². The summed E-state index contributed by atoms with van der Waals surface area (Å²) in [6.07, 6.45) is 3.55. The van der Waals surface area contributed by atoms with E-state index in [-0.39, 0.29) is 44.0 Å². The first-order chi connectivity index (χ1) is 27.9. The van der Waals surface area contributed by atoms with Gasteiger partial charge in [-0.15, -0.1) is 0 Å². The van der Waals surface area contributed by atoms with Crippen molar-refractivity contribution in [3.8, 4) is 11.3 Å². The van der Waals surface area contributed by atoms with E-state index in [9.17, 15) is 32.3 Å². The second-order valence-corrected chi connectivity index (χ2v) is 15.2. The highest BCUT2D eigenvalue weighted by atomic mass is 32.2. The van der Waals surface area contributed by atoms with Gasteiger partial charge in [0, 0.05) is 35.7 Å². The van der Waals surface area contributed by atoms with Crippen LogP contribution >= 0.6 is 0 Å². The molecule has 0 aliphatic heterocycles. The van der Waals surface area contributed by atoms with Crippen LogP contribution in [0, 0.1) is 5.82 Å². The molecule has 17 heteroatoms. The van der Waals surface area contributed by atoms with Crippen molar-refractivity contribution < 1.29 is 65.5 Å². The minimum Gasteiger partial charge on any atom is -0.507 e. The van der Waals surface area contributed by atoms with Gasteiger partial charge >= 0.3 is 5.97 Å². The van der Waals surface area contributed by atoms with E-state index in [0.717, 1.165) is 30.2 Å². The van der Waals surface area contributed by atoms with Crippen LogP contribution in [0.2, 0.25) is 0 Å². The standard InChI is InChI=1S/C41H47FN2O13S/c1-43-40(47)38-33-23-32(28-7-8-28)34(24-37(33)57-39(38)30-9-11-31(42)12-10-30)44(58(2,50)51)13-14-52-15-16-53-17-18-54-19-20-55-21-22-56-26-27-3-5-29(6-4-27)35(45)25-36(46)41(48)49/h3-6,9-12,23-25,28,45H,7-8,13-22,26H2,1-2H3,(H,43,47)(H,48,49). The smallest absolute Gasteiger partial charge is 0.376 e. The second-order valence-electron chi connectivity index (χ2n) is 13.3. The van der Waals surface area contributed by atoms with E-state index < -0.39 is 33.4 Å². The molecule has 1 saturated carbocycles. The molecule has 15 nitrogen and oxygen atoms in total. The number of amides is 1. The molecule has 1 fully saturated rings. The number of carbonyl (C=O) groups is 3. The average Bonchev–Trinajstić information content (AvgIpc) is 3.98. The molecule has 0 bridgehead atoms. The van der Waals surface area contributed by atoms with Crippen LogP contribution in [-0.4, -0.2) is 116 Å². The predicted octanol–water partition coefficient (Wildman–Crippen LogP) is 5.08. The Bertz CT molecular complexity index is 2170. The number of hydrogen-bond acceptors (Lipinski definition) is 12. The number of furan rings is 1. The number of aliphatic hydroxyl groups is 1. The van der Waals surface area contributed by atoms with Crippen LogP contribution in [0.15, 0.2) is 71.2 Å². The minimum atomic E-state index is -3.74. The number of aliphatic carboxylic acids is 1. The average molecular weight is 827 g/mol. The van der Waals surface area contributed by atoms with Crippen molar-refractivity contribution in [3.05, 3.63) is 94.8 Å². The Hall–Kier alpha value is -5.17. The molecule has 1 aliphatic rings. The molecule has 5 rings (SSSR count). The van der Waals surface area contributed by atoms with E-state index in [1.54, 1.807) is 30.3 Å². The number of carbonyl (C=O) groups excluding carboxylic acids is 2. The Morgan fingerprint density at radius 1 is 0.845 bits per heavy atom. The van der Waals surface area contributed by atoms with E-state index in [0.29, 0.717) is 85.7 Å². The maximum absolute atomic E-state index is 13.7. The molecular formula is C41H47FN2O13S. The van der Waals surface area contributed by atoms with Crippen LogP contribution < -0.4 is 9.62 Å². The maximum atomic E-state index is 13.7. The lowest BCUT2D eigenvalue weighted by molar-refractivity contribution is -0.146. The monoisotopic (exact) mass is 826 g/mol. The molecule has 3 N–H and O–H groups in total. The highest BCUT2D eigenvalue weighted by molar-refractivity contribution is 7.92. The van der Waals surface area contributed by atoms with Gasteiger partial charge < -0.3 is 43.6 Å². The van der Waals surface area contributed by atoms with Crippen LogP contribution in [0.4, 0.5) is 10.1 Å². The maximum Gasteiger partial charge on any atom is 0.376 e. The fraction of sp³-hybridized carbons (Fsp3) is 0.390. The number of anilines is 1.